The molecule has 0 amide bonds. The van der Waals surface area contributed by atoms with Crippen LogP contribution in [0.3, 0.4) is 0 Å². The smallest absolute Gasteiger partial charge is 0.320 e. The summed E-state index contributed by atoms with van der Waals surface area (Å²) >= 11 is 0. The SMILES string of the molecule is Cc1ccc(C(=N)N)cc1/C=C/CN(c1ccc(OC2CCNCC2)cc1)S(=O)(=O)CC(=O)O.Cl.Cl. The number of rotatable bonds is 10. The molecule has 198 valence electrons. The quantitative estimate of drug-likeness (QED) is 0.258. The van der Waals surface area contributed by atoms with E-state index in [2.05, 4.69) is 5.32 Å². The molecule has 1 aliphatic rings. The number of carbonyl (C=O) groups is 1. The average molecular weight is 560 g/mol. The van der Waals surface area contributed by atoms with Crippen LogP contribution in [0.4, 0.5) is 5.69 Å². The molecule has 36 heavy (non-hydrogen) atoms. The first-order valence-electron chi connectivity index (χ1n) is 11.0. The van der Waals surface area contributed by atoms with E-state index in [1.807, 2.05) is 13.0 Å². The molecule has 0 saturated carbocycles. The molecule has 0 radical (unpaired) electrons. The summed E-state index contributed by atoms with van der Waals surface area (Å²) in [5.74, 6) is -1.87. The fourth-order valence-electron chi connectivity index (χ4n) is 3.67. The summed E-state index contributed by atoms with van der Waals surface area (Å²) in [6, 6.07) is 12.0. The number of piperidine rings is 1. The molecule has 1 heterocycles. The highest BCUT2D eigenvalue weighted by Gasteiger charge is 2.25. The Labute approximate surface area is 224 Å². The van der Waals surface area contributed by atoms with E-state index in [-0.39, 0.29) is 43.3 Å². The topological polar surface area (TPSA) is 146 Å². The van der Waals surface area contributed by atoms with Crippen molar-refractivity contribution >= 4 is 58.4 Å². The van der Waals surface area contributed by atoms with Crippen LogP contribution in [0.5, 0.6) is 5.75 Å². The number of nitrogens with two attached hydrogens (primary N) is 1. The molecule has 2 aromatic rings. The van der Waals surface area contributed by atoms with Crippen molar-refractivity contribution < 1.29 is 23.1 Å². The molecule has 0 unspecified atom stereocenters. The minimum atomic E-state index is -4.12. The van der Waals surface area contributed by atoms with Crippen LogP contribution in [0, 0.1) is 12.3 Å². The largest absolute Gasteiger partial charge is 0.490 e. The van der Waals surface area contributed by atoms with E-state index >= 15 is 0 Å². The van der Waals surface area contributed by atoms with E-state index in [1.165, 1.54) is 0 Å². The molecule has 5 N–H and O–H groups in total. The Balaban J connectivity index is 0.00000324. The first-order valence-corrected chi connectivity index (χ1v) is 12.6. The minimum Gasteiger partial charge on any atom is -0.490 e. The van der Waals surface area contributed by atoms with Crippen LogP contribution < -0.4 is 20.1 Å². The van der Waals surface area contributed by atoms with Crippen LogP contribution in [-0.2, 0) is 14.8 Å². The summed E-state index contributed by atoms with van der Waals surface area (Å²) in [4.78, 5) is 11.2. The lowest BCUT2D eigenvalue weighted by Gasteiger charge is -2.25. The minimum absolute atomic E-state index is 0. The lowest BCUT2D eigenvalue weighted by molar-refractivity contribution is -0.134. The van der Waals surface area contributed by atoms with E-state index in [1.54, 1.807) is 48.6 Å². The number of nitrogens with zero attached hydrogens (tertiary/aromatic N) is 1. The molecule has 0 bridgehead atoms. The molecular weight excluding hydrogens is 527 g/mol. The average Bonchev–Trinajstić information content (AvgIpc) is 2.78. The first kappa shape index (κ1) is 31.2. The predicted octanol–water partition coefficient (Wildman–Crippen LogP) is 3.19. The standard InChI is InChI=1S/C24H30N4O5S.2ClH/c1-17-4-5-19(24(25)26)15-18(17)3-2-14-28(34(31,32)16-23(29)30)20-6-8-21(9-7-20)33-22-10-12-27-13-11-22;;/h2-9,15,22,27H,10-14,16H2,1H3,(H3,25,26)(H,29,30);2*1H/b3-2+;;. The zero-order chi connectivity index (χ0) is 24.7. The molecule has 1 fully saturated rings. The summed E-state index contributed by atoms with van der Waals surface area (Å²) in [7, 11) is -4.12. The van der Waals surface area contributed by atoms with Crippen molar-refractivity contribution in [2.24, 2.45) is 5.73 Å². The number of hydrogen-bond donors (Lipinski definition) is 4. The van der Waals surface area contributed by atoms with Gasteiger partial charge in [-0.3, -0.25) is 14.5 Å². The monoisotopic (exact) mass is 558 g/mol. The highest BCUT2D eigenvalue weighted by molar-refractivity contribution is 7.93. The van der Waals surface area contributed by atoms with Gasteiger partial charge >= 0.3 is 5.97 Å². The van der Waals surface area contributed by atoms with Crippen LogP contribution in [0.25, 0.3) is 6.08 Å². The van der Waals surface area contributed by atoms with E-state index in [0.717, 1.165) is 41.4 Å². The molecule has 12 heteroatoms. The second-order valence-electron chi connectivity index (χ2n) is 8.13. The Hall–Kier alpha value is -2.79. The number of amidine groups is 1. The van der Waals surface area contributed by atoms with Crippen LogP contribution in [-0.4, -0.2) is 56.8 Å². The van der Waals surface area contributed by atoms with Gasteiger partial charge in [0.25, 0.3) is 0 Å². The molecular formula is C24H32Cl2N4O5S. The molecule has 1 aliphatic heterocycles. The van der Waals surface area contributed by atoms with E-state index in [4.69, 9.17) is 21.0 Å². The Morgan fingerprint density at radius 2 is 1.83 bits per heavy atom. The fourth-order valence-corrected chi connectivity index (χ4v) is 4.90. The van der Waals surface area contributed by atoms with Crippen molar-refractivity contribution in [3.63, 3.8) is 0 Å². The summed E-state index contributed by atoms with van der Waals surface area (Å²) in [6.07, 6.45) is 5.28. The fraction of sp³-hybridized carbons (Fsp3) is 0.333. The van der Waals surface area contributed by atoms with Gasteiger partial charge in [0.15, 0.2) is 5.75 Å². The van der Waals surface area contributed by atoms with Gasteiger partial charge in [0.05, 0.1) is 12.2 Å². The number of carboxylic acids is 1. The molecule has 0 aliphatic carbocycles. The summed E-state index contributed by atoms with van der Waals surface area (Å²) in [6.45, 7) is 3.62. The number of ether oxygens (including phenoxy) is 1. The molecule has 2 aromatic carbocycles. The van der Waals surface area contributed by atoms with Crippen molar-refractivity contribution in [3.05, 3.63) is 65.2 Å². The zero-order valence-electron chi connectivity index (χ0n) is 19.8. The lowest BCUT2D eigenvalue weighted by atomic mass is 10.0. The maximum Gasteiger partial charge on any atom is 0.320 e. The van der Waals surface area contributed by atoms with Gasteiger partial charge in [-0.05, 0) is 74.3 Å². The maximum atomic E-state index is 12.8. The van der Waals surface area contributed by atoms with E-state index in [9.17, 15) is 13.2 Å². The van der Waals surface area contributed by atoms with Gasteiger partial charge in [-0.25, -0.2) is 8.42 Å². The number of halogens is 2. The number of sulfonamides is 1. The van der Waals surface area contributed by atoms with Crippen molar-refractivity contribution in [2.75, 3.05) is 29.7 Å². The van der Waals surface area contributed by atoms with Gasteiger partial charge in [-0.1, -0.05) is 24.3 Å². The number of aliphatic carboxylic acids is 1. The van der Waals surface area contributed by atoms with Gasteiger partial charge in [0.2, 0.25) is 10.0 Å². The number of anilines is 1. The predicted molar refractivity (Wildman–Crippen MR) is 147 cm³/mol. The molecule has 0 aromatic heterocycles. The van der Waals surface area contributed by atoms with Crippen molar-refractivity contribution in [1.29, 1.82) is 5.41 Å². The Morgan fingerprint density at radius 1 is 1.19 bits per heavy atom. The summed E-state index contributed by atoms with van der Waals surface area (Å²) in [5.41, 5.74) is 8.19. The van der Waals surface area contributed by atoms with Gasteiger partial charge in [-0.15, -0.1) is 24.8 Å². The Bertz CT molecular complexity index is 1170. The van der Waals surface area contributed by atoms with Gasteiger partial charge in [0.1, 0.15) is 17.7 Å². The second kappa shape index (κ2) is 14.1. The number of aryl methyl sites for hydroxylation is 1. The van der Waals surface area contributed by atoms with Crippen LogP contribution in [0.15, 0.2) is 48.5 Å². The molecule has 0 atom stereocenters. The third-order valence-corrected chi connectivity index (χ3v) is 7.16. The Kier molecular flexibility index (Phi) is 12.2. The van der Waals surface area contributed by atoms with Crippen LogP contribution in [0.2, 0.25) is 0 Å². The first-order chi connectivity index (χ1) is 16.2. The van der Waals surface area contributed by atoms with Crippen LogP contribution >= 0.6 is 24.8 Å². The molecule has 3 rings (SSSR count). The second-order valence-corrected chi connectivity index (χ2v) is 10.0. The van der Waals surface area contributed by atoms with Crippen molar-refractivity contribution in [2.45, 2.75) is 25.9 Å². The number of nitrogens with one attached hydrogen (secondary N) is 2. The van der Waals surface area contributed by atoms with Crippen molar-refractivity contribution in [3.8, 4) is 5.75 Å². The third kappa shape index (κ3) is 8.70. The highest BCUT2D eigenvalue weighted by atomic mass is 35.5. The maximum absolute atomic E-state index is 12.8. The summed E-state index contributed by atoms with van der Waals surface area (Å²) in [5, 5.41) is 20.0. The molecule has 9 nitrogen and oxygen atoms in total. The number of hydrogen-bond acceptors (Lipinski definition) is 6. The lowest BCUT2D eigenvalue weighted by Crippen LogP contribution is -2.35. The zero-order valence-corrected chi connectivity index (χ0v) is 22.3. The van der Waals surface area contributed by atoms with Crippen LogP contribution in [0.1, 0.15) is 29.5 Å². The van der Waals surface area contributed by atoms with E-state index in [0.29, 0.717) is 17.0 Å². The summed E-state index contributed by atoms with van der Waals surface area (Å²) < 4.78 is 32.7. The highest BCUT2D eigenvalue weighted by Crippen LogP contribution is 2.24. The van der Waals surface area contributed by atoms with Gasteiger partial charge in [0, 0.05) is 5.56 Å². The molecule has 1 saturated heterocycles. The Morgan fingerprint density at radius 3 is 2.42 bits per heavy atom. The van der Waals surface area contributed by atoms with Gasteiger partial charge in [-0.2, -0.15) is 0 Å². The number of nitrogen functional groups attached to an aromatic ring is 1. The number of benzene rings is 2. The van der Waals surface area contributed by atoms with Crippen molar-refractivity contribution in [1.82, 2.24) is 5.32 Å². The number of carboxylic acid groups (broad SMARTS) is 1. The molecule has 0 spiro atoms. The normalized spacial score (nSPS) is 13.9. The third-order valence-electron chi connectivity index (χ3n) is 5.51. The van der Waals surface area contributed by atoms with Gasteiger partial charge < -0.3 is 20.9 Å². The van der Waals surface area contributed by atoms with E-state index < -0.39 is 21.7 Å².